The molecular weight excluding hydrogens is 433 g/mol. The van der Waals surface area contributed by atoms with Gasteiger partial charge in [0.15, 0.2) is 0 Å². The average molecular weight is 458 g/mol. The van der Waals surface area contributed by atoms with Gasteiger partial charge in [0.05, 0.1) is 18.4 Å². The van der Waals surface area contributed by atoms with E-state index in [4.69, 9.17) is 4.74 Å². The third-order valence-corrected chi connectivity index (χ3v) is 6.25. The van der Waals surface area contributed by atoms with E-state index in [0.717, 1.165) is 10.6 Å². The van der Waals surface area contributed by atoms with Crippen molar-refractivity contribution >= 4 is 28.8 Å². The van der Waals surface area contributed by atoms with E-state index in [-0.39, 0.29) is 11.3 Å². The normalized spacial score (nSPS) is 16.5. The zero-order valence-corrected chi connectivity index (χ0v) is 18.8. The molecule has 0 unspecified atom stereocenters. The quantitative estimate of drug-likeness (QED) is 0.544. The maximum Gasteiger partial charge on any atom is 0.282 e. The van der Waals surface area contributed by atoms with E-state index in [2.05, 4.69) is 17.0 Å². The molecular formula is C27H24FN3O3. The van der Waals surface area contributed by atoms with Gasteiger partial charge in [0.25, 0.3) is 11.8 Å². The van der Waals surface area contributed by atoms with Gasteiger partial charge in [-0.15, -0.1) is 0 Å². The van der Waals surface area contributed by atoms with E-state index >= 15 is 0 Å². The second kappa shape index (κ2) is 9.02. The van der Waals surface area contributed by atoms with Gasteiger partial charge in [-0.2, -0.15) is 0 Å². The molecule has 1 saturated heterocycles. The Labute approximate surface area is 197 Å². The van der Waals surface area contributed by atoms with E-state index < -0.39 is 17.6 Å². The Morgan fingerprint density at radius 2 is 1.35 bits per heavy atom. The van der Waals surface area contributed by atoms with Gasteiger partial charge in [0, 0.05) is 31.9 Å². The van der Waals surface area contributed by atoms with E-state index in [9.17, 15) is 14.0 Å². The summed E-state index contributed by atoms with van der Waals surface area (Å²) in [5.74, 6) is -1.01. The maximum absolute atomic E-state index is 14.6. The number of hydrogen-bond acceptors (Lipinski definition) is 5. The van der Waals surface area contributed by atoms with Crippen LogP contribution in [-0.4, -0.2) is 50.0 Å². The zero-order valence-electron chi connectivity index (χ0n) is 18.8. The number of benzene rings is 3. The standard InChI is InChI=1S/C27H24FN3O3/c1-34-21-13-11-19(12-14-21)24-25(27(33)31(26(24)32)23-10-6-5-9-22(23)28)30-17-15-29(16-18-30)20-7-3-2-4-8-20/h2-14H,15-18H2,1H3. The second-order valence-corrected chi connectivity index (χ2v) is 8.16. The number of methoxy groups -OCH3 is 1. The van der Waals surface area contributed by atoms with Crippen LogP contribution in [0.2, 0.25) is 0 Å². The first kappa shape index (κ1) is 21.7. The average Bonchev–Trinajstić information content (AvgIpc) is 3.14. The highest BCUT2D eigenvalue weighted by Crippen LogP contribution is 2.36. The molecule has 172 valence electrons. The predicted molar refractivity (Wildman–Crippen MR) is 129 cm³/mol. The molecule has 2 aliphatic rings. The van der Waals surface area contributed by atoms with Crippen LogP contribution < -0.4 is 14.5 Å². The molecule has 0 aliphatic carbocycles. The lowest BCUT2D eigenvalue weighted by molar-refractivity contribution is -0.120. The molecule has 3 aromatic carbocycles. The van der Waals surface area contributed by atoms with Gasteiger partial charge in [0.2, 0.25) is 0 Å². The molecule has 1 fully saturated rings. The van der Waals surface area contributed by atoms with Gasteiger partial charge >= 0.3 is 0 Å². The van der Waals surface area contributed by atoms with Crippen molar-refractivity contribution in [2.75, 3.05) is 43.1 Å². The van der Waals surface area contributed by atoms with Crippen molar-refractivity contribution in [3.05, 3.63) is 95.9 Å². The summed E-state index contributed by atoms with van der Waals surface area (Å²) in [6, 6.07) is 22.9. The van der Waals surface area contributed by atoms with Crippen LogP contribution in [0.4, 0.5) is 15.8 Å². The van der Waals surface area contributed by atoms with Crippen LogP contribution in [-0.2, 0) is 9.59 Å². The Kier molecular flexibility index (Phi) is 5.76. The molecule has 5 rings (SSSR count). The molecule has 3 aromatic rings. The zero-order chi connectivity index (χ0) is 23.7. The van der Waals surface area contributed by atoms with Gasteiger partial charge in [0.1, 0.15) is 17.3 Å². The summed E-state index contributed by atoms with van der Waals surface area (Å²) in [5, 5.41) is 0. The Hall–Kier alpha value is -4.13. The Morgan fingerprint density at radius 3 is 2.00 bits per heavy atom. The minimum Gasteiger partial charge on any atom is -0.497 e. The molecule has 0 bridgehead atoms. The molecule has 0 saturated carbocycles. The summed E-state index contributed by atoms with van der Waals surface area (Å²) in [7, 11) is 1.57. The van der Waals surface area contributed by atoms with Crippen molar-refractivity contribution in [1.29, 1.82) is 0 Å². The highest BCUT2D eigenvalue weighted by Gasteiger charge is 2.43. The number of anilines is 2. The summed E-state index contributed by atoms with van der Waals surface area (Å²) < 4.78 is 19.9. The number of nitrogens with zero attached hydrogens (tertiary/aromatic N) is 3. The number of rotatable bonds is 5. The summed E-state index contributed by atoms with van der Waals surface area (Å²) >= 11 is 0. The molecule has 0 spiro atoms. The van der Waals surface area contributed by atoms with Crippen LogP contribution >= 0.6 is 0 Å². The highest BCUT2D eigenvalue weighted by atomic mass is 19.1. The SMILES string of the molecule is COc1ccc(C2=C(N3CCN(c4ccccc4)CC3)C(=O)N(c3ccccc3F)C2=O)cc1. The fourth-order valence-electron chi connectivity index (χ4n) is 4.51. The molecule has 7 heteroatoms. The minimum absolute atomic E-state index is 0.0403. The summed E-state index contributed by atoms with van der Waals surface area (Å²) in [5.41, 5.74) is 2.27. The van der Waals surface area contributed by atoms with Gasteiger partial charge in [-0.05, 0) is 42.0 Å². The number of para-hydroxylation sites is 2. The van der Waals surface area contributed by atoms with Crippen molar-refractivity contribution in [1.82, 2.24) is 4.90 Å². The fraction of sp³-hybridized carbons (Fsp3) is 0.185. The summed E-state index contributed by atoms with van der Waals surface area (Å²) in [6.45, 7) is 2.52. The van der Waals surface area contributed by atoms with Crippen molar-refractivity contribution in [2.45, 2.75) is 0 Å². The maximum atomic E-state index is 14.6. The minimum atomic E-state index is -0.617. The first-order valence-corrected chi connectivity index (χ1v) is 11.2. The number of ether oxygens (including phenoxy) is 1. The van der Waals surface area contributed by atoms with Crippen LogP contribution in [0.5, 0.6) is 5.75 Å². The molecule has 0 N–H and O–H groups in total. The number of hydrogen-bond donors (Lipinski definition) is 0. The molecule has 2 amide bonds. The highest BCUT2D eigenvalue weighted by molar-refractivity contribution is 6.45. The molecule has 2 heterocycles. The lowest BCUT2D eigenvalue weighted by atomic mass is 10.0. The molecule has 2 aliphatic heterocycles. The predicted octanol–water partition coefficient (Wildman–Crippen LogP) is 3.94. The second-order valence-electron chi connectivity index (χ2n) is 8.16. The largest absolute Gasteiger partial charge is 0.497 e. The first-order valence-electron chi connectivity index (χ1n) is 11.2. The summed E-state index contributed by atoms with van der Waals surface area (Å²) in [6.07, 6.45) is 0. The molecule has 0 atom stereocenters. The molecule has 0 radical (unpaired) electrons. The number of carbonyl (C=O) groups is 2. The van der Waals surface area contributed by atoms with E-state index in [1.807, 2.05) is 23.1 Å². The lowest BCUT2D eigenvalue weighted by Gasteiger charge is -2.37. The number of piperazine rings is 1. The topological polar surface area (TPSA) is 53.1 Å². The van der Waals surface area contributed by atoms with E-state index in [1.165, 1.54) is 18.2 Å². The fourth-order valence-corrected chi connectivity index (χ4v) is 4.51. The van der Waals surface area contributed by atoms with Gasteiger partial charge in [-0.3, -0.25) is 9.59 Å². The third-order valence-electron chi connectivity index (χ3n) is 6.25. The first-order chi connectivity index (χ1) is 16.6. The smallest absolute Gasteiger partial charge is 0.282 e. The van der Waals surface area contributed by atoms with Crippen LogP contribution in [0.15, 0.2) is 84.6 Å². The molecule has 0 aromatic heterocycles. The van der Waals surface area contributed by atoms with Crippen LogP contribution in [0.25, 0.3) is 5.57 Å². The number of halogens is 1. The Balaban J connectivity index is 1.51. The summed E-state index contributed by atoms with van der Waals surface area (Å²) in [4.78, 5) is 32.3. The number of imide groups is 1. The van der Waals surface area contributed by atoms with Crippen molar-refractivity contribution in [2.24, 2.45) is 0 Å². The number of carbonyl (C=O) groups excluding carboxylic acids is 2. The Bertz CT molecular complexity index is 1250. The van der Waals surface area contributed by atoms with Gasteiger partial charge in [-0.1, -0.05) is 42.5 Å². The number of amides is 2. The van der Waals surface area contributed by atoms with Crippen LogP contribution in [0.1, 0.15) is 5.56 Å². The molecule has 34 heavy (non-hydrogen) atoms. The monoisotopic (exact) mass is 457 g/mol. The van der Waals surface area contributed by atoms with E-state index in [1.54, 1.807) is 37.4 Å². The molecule has 6 nitrogen and oxygen atoms in total. The van der Waals surface area contributed by atoms with Crippen molar-refractivity contribution in [3.8, 4) is 5.75 Å². The van der Waals surface area contributed by atoms with Crippen molar-refractivity contribution < 1.29 is 18.7 Å². The Morgan fingerprint density at radius 1 is 0.735 bits per heavy atom. The van der Waals surface area contributed by atoms with E-state index in [0.29, 0.717) is 43.2 Å². The van der Waals surface area contributed by atoms with Gasteiger partial charge < -0.3 is 14.5 Å². The lowest BCUT2D eigenvalue weighted by Crippen LogP contribution is -2.47. The van der Waals surface area contributed by atoms with Crippen LogP contribution in [0.3, 0.4) is 0 Å². The third kappa shape index (κ3) is 3.79. The van der Waals surface area contributed by atoms with Crippen LogP contribution in [0, 0.1) is 5.82 Å². The van der Waals surface area contributed by atoms with Gasteiger partial charge in [-0.25, -0.2) is 9.29 Å². The van der Waals surface area contributed by atoms with Crippen molar-refractivity contribution in [3.63, 3.8) is 0 Å².